The third-order valence-electron chi connectivity index (χ3n) is 8.65. The molecule has 1 saturated carbocycles. The van der Waals surface area contributed by atoms with Crippen LogP contribution in [0.25, 0.3) is 11.3 Å². The quantitative estimate of drug-likeness (QED) is 0.289. The molecule has 2 fully saturated rings. The number of nitrogens with zero attached hydrogens (tertiary/aromatic N) is 4. The Bertz CT molecular complexity index is 1350. The molecular weight excluding hydrogens is 564 g/mol. The van der Waals surface area contributed by atoms with Gasteiger partial charge in [0.15, 0.2) is 5.69 Å². The Kier molecular flexibility index (Phi) is 10.4. The molecule has 1 aromatic heterocycles. The van der Waals surface area contributed by atoms with Gasteiger partial charge in [0, 0.05) is 31.8 Å². The number of aromatic nitrogens is 2. The van der Waals surface area contributed by atoms with Crippen molar-refractivity contribution in [2.75, 3.05) is 44.9 Å². The van der Waals surface area contributed by atoms with Crippen LogP contribution in [0.5, 0.6) is 0 Å². The summed E-state index contributed by atoms with van der Waals surface area (Å²) in [5, 5.41) is 21.7. The first kappa shape index (κ1) is 31.1. The number of hydrogen-bond donors (Lipinski definition) is 2. The van der Waals surface area contributed by atoms with Crippen molar-refractivity contribution in [2.24, 2.45) is 0 Å². The SMILES string of the molecule is CSCCCOC[C@@]1(O)CCCC[C@@H]1n1cnc(C(=O)N2CCN(C(=O)O)C[C@H]2Cc2ccccc2)c1-c1ccccc1. The first-order chi connectivity index (χ1) is 20.9. The van der Waals surface area contributed by atoms with Gasteiger partial charge in [0.2, 0.25) is 0 Å². The van der Waals surface area contributed by atoms with Gasteiger partial charge < -0.3 is 29.3 Å². The fraction of sp³-hybridized carbons (Fsp3) is 0.485. The number of carbonyl (C=O) groups excluding carboxylic acids is 1. The third kappa shape index (κ3) is 7.25. The average molecular weight is 607 g/mol. The lowest BCUT2D eigenvalue weighted by Crippen LogP contribution is -2.57. The van der Waals surface area contributed by atoms with Gasteiger partial charge in [0.25, 0.3) is 5.91 Å². The molecule has 3 aromatic rings. The van der Waals surface area contributed by atoms with Gasteiger partial charge in [-0.15, -0.1) is 0 Å². The minimum absolute atomic E-state index is 0.226. The van der Waals surface area contributed by atoms with E-state index in [9.17, 15) is 19.8 Å². The molecule has 2 aromatic carbocycles. The van der Waals surface area contributed by atoms with Gasteiger partial charge in [-0.25, -0.2) is 9.78 Å². The molecule has 3 atom stereocenters. The Labute approximate surface area is 257 Å². The second-order valence-corrected chi connectivity index (χ2v) is 12.5. The Hall–Kier alpha value is -3.34. The van der Waals surface area contributed by atoms with E-state index in [-0.39, 0.29) is 44.2 Å². The maximum absolute atomic E-state index is 14.4. The van der Waals surface area contributed by atoms with Crippen molar-refractivity contribution in [3.63, 3.8) is 0 Å². The lowest BCUT2D eigenvalue weighted by Gasteiger charge is -2.41. The lowest BCUT2D eigenvalue weighted by atomic mass is 9.80. The zero-order valence-corrected chi connectivity index (χ0v) is 25.6. The predicted molar refractivity (Wildman–Crippen MR) is 169 cm³/mol. The smallest absolute Gasteiger partial charge is 0.407 e. The molecule has 2 amide bonds. The van der Waals surface area contributed by atoms with Gasteiger partial charge in [-0.1, -0.05) is 73.5 Å². The van der Waals surface area contributed by atoms with Crippen LogP contribution in [0.3, 0.4) is 0 Å². The standard InChI is InChI=1S/C33H42N4O5S/c1-43-20-10-19-42-23-33(41)16-9-8-15-28(33)37-24-34-29(30(37)26-13-6-3-7-14-26)31(38)36-18-17-35(32(39)40)22-27(36)21-25-11-4-2-5-12-25/h2-7,11-14,24,27-28,41H,8-10,15-23H2,1H3,(H,39,40)/t27-,28+,33+/m1/s1. The maximum Gasteiger partial charge on any atom is 0.407 e. The van der Waals surface area contributed by atoms with Gasteiger partial charge in [-0.2, -0.15) is 11.8 Å². The van der Waals surface area contributed by atoms with E-state index in [2.05, 4.69) is 6.26 Å². The van der Waals surface area contributed by atoms with Crippen LogP contribution in [0.4, 0.5) is 4.79 Å². The van der Waals surface area contributed by atoms with Gasteiger partial charge in [-0.3, -0.25) is 4.79 Å². The Morgan fingerprint density at radius 1 is 1.07 bits per heavy atom. The number of amides is 2. The molecule has 2 N–H and O–H groups in total. The highest BCUT2D eigenvalue weighted by molar-refractivity contribution is 7.98. The zero-order chi connectivity index (χ0) is 30.2. The molecule has 0 radical (unpaired) electrons. The largest absolute Gasteiger partial charge is 0.465 e. The number of benzene rings is 2. The summed E-state index contributed by atoms with van der Waals surface area (Å²) in [6, 6.07) is 19.0. The van der Waals surface area contributed by atoms with Gasteiger partial charge in [0.05, 0.1) is 30.7 Å². The van der Waals surface area contributed by atoms with Crippen molar-refractivity contribution >= 4 is 23.8 Å². The van der Waals surface area contributed by atoms with Crippen molar-refractivity contribution in [3.05, 3.63) is 78.2 Å². The number of ether oxygens (including phenoxy) is 1. The summed E-state index contributed by atoms with van der Waals surface area (Å²) in [6.07, 6.45) is 7.51. The van der Waals surface area contributed by atoms with Crippen molar-refractivity contribution in [1.82, 2.24) is 19.4 Å². The van der Waals surface area contributed by atoms with Crippen LogP contribution in [0.2, 0.25) is 0 Å². The summed E-state index contributed by atoms with van der Waals surface area (Å²) in [5.41, 5.74) is 1.81. The predicted octanol–water partition coefficient (Wildman–Crippen LogP) is 5.21. The molecule has 1 aliphatic carbocycles. The van der Waals surface area contributed by atoms with Crippen LogP contribution in [0.15, 0.2) is 67.0 Å². The Balaban J connectivity index is 1.48. The van der Waals surface area contributed by atoms with Gasteiger partial charge in [-0.05, 0) is 43.3 Å². The van der Waals surface area contributed by atoms with Crippen LogP contribution >= 0.6 is 11.8 Å². The molecule has 230 valence electrons. The third-order valence-corrected chi connectivity index (χ3v) is 9.35. The number of hydrogen-bond acceptors (Lipinski definition) is 6. The highest BCUT2D eigenvalue weighted by atomic mass is 32.2. The molecule has 0 spiro atoms. The molecule has 2 heterocycles. The van der Waals surface area contributed by atoms with Crippen LogP contribution < -0.4 is 0 Å². The maximum atomic E-state index is 14.4. The zero-order valence-electron chi connectivity index (χ0n) is 24.8. The van der Waals surface area contributed by atoms with Crippen LogP contribution in [0, 0.1) is 0 Å². The number of aliphatic hydroxyl groups is 1. The van der Waals surface area contributed by atoms with E-state index in [1.54, 1.807) is 23.0 Å². The van der Waals surface area contributed by atoms with Crippen molar-refractivity contribution in [3.8, 4) is 11.3 Å². The molecular formula is C33H42N4O5S. The monoisotopic (exact) mass is 606 g/mol. The second kappa shape index (κ2) is 14.4. The fourth-order valence-corrected chi connectivity index (χ4v) is 6.86. The van der Waals surface area contributed by atoms with E-state index >= 15 is 0 Å². The van der Waals surface area contributed by atoms with Crippen LogP contribution in [0.1, 0.15) is 54.2 Å². The summed E-state index contributed by atoms with van der Waals surface area (Å²) in [4.78, 5) is 34.2. The number of imidazole rings is 1. The van der Waals surface area contributed by atoms with Crippen molar-refractivity contribution < 1.29 is 24.5 Å². The average Bonchev–Trinajstić information content (AvgIpc) is 3.46. The normalized spacial score (nSPS) is 22.5. The summed E-state index contributed by atoms with van der Waals surface area (Å²) < 4.78 is 7.99. The number of rotatable bonds is 11. The number of carboxylic acid groups (broad SMARTS) is 1. The van der Waals surface area contributed by atoms with E-state index in [1.165, 1.54) is 4.90 Å². The molecule has 2 aliphatic rings. The molecule has 0 unspecified atom stereocenters. The van der Waals surface area contributed by atoms with E-state index in [0.717, 1.165) is 42.6 Å². The summed E-state index contributed by atoms with van der Waals surface area (Å²) in [7, 11) is 0. The van der Waals surface area contributed by atoms with Crippen molar-refractivity contribution in [1.29, 1.82) is 0 Å². The van der Waals surface area contributed by atoms with E-state index < -0.39 is 11.7 Å². The first-order valence-corrected chi connectivity index (χ1v) is 16.5. The molecule has 1 aliphatic heterocycles. The molecule has 9 nitrogen and oxygen atoms in total. The summed E-state index contributed by atoms with van der Waals surface area (Å²) in [5.74, 6) is 0.787. The molecule has 43 heavy (non-hydrogen) atoms. The number of thioether (sulfide) groups is 1. The molecule has 1 saturated heterocycles. The minimum atomic E-state index is -1.08. The first-order valence-electron chi connectivity index (χ1n) is 15.2. The van der Waals surface area contributed by atoms with Crippen molar-refractivity contribution in [2.45, 2.75) is 56.2 Å². The Morgan fingerprint density at radius 3 is 2.53 bits per heavy atom. The number of piperazine rings is 1. The highest BCUT2D eigenvalue weighted by Gasteiger charge is 2.43. The lowest BCUT2D eigenvalue weighted by molar-refractivity contribution is -0.0989. The highest BCUT2D eigenvalue weighted by Crippen LogP contribution is 2.41. The van der Waals surface area contributed by atoms with Crippen LogP contribution in [-0.4, -0.2) is 98.1 Å². The van der Waals surface area contributed by atoms with E-state index in [1.807, 2.05) is 65.2 Å². The summed E-state index contributed by atoms with van der Waals surface area (Å²) in [6.45, 7) is 1.58. The molecule has 5 rings (SSSR count). The van der Waals surface area contributed by atoms with Crippen LogP contribution in [-0.2, 0) is 11.2 Å². The van der Waals surface area contributed by atoms with Gasteiger partial charge >= 0.3 is 6.09 Å². The van der Waals surface area contributed by atoms with Gasteiger partial charge in [0.1, 0.15) is 5.60 Å². The fourth-order valence-electron chi connectivity index (χ4n) is 6.45. The number of carbonyl (C=O) groups is 2. The van der Waals surface area contributed by atoms with E-state index in [4.69, 9.17) is 9.72 Å². The second-order valence-electron chi connectivity index (χ2n) is 11.5. The molecule has 0 bridgehead atoms. The topological polar surface area (TPSA) is 108 Å². The summed E-state index contributed by atoms with van der Waals surface area (Å²) >= 11 is 1.78. The van der Waals surface area contributed by atoms with E-state index in [0.29, 0.717) is 30.8 Å². The Morgan fingerprint density at radius 2 is 1.81 bits per heavy atom. The molecule has 10 heteroatoms. The minimum Gasteiger partial charge on any atom is -0.465 e.